The van der Waals surface area contributed by atoms with Gasteiger partial charge >= 0.3 is 0 Å². The molecule has 1 atom stereocenters. The van der Waals surface area contributed by atoms with E-state index in [0.29, 0.717) is 25.9 Å². The van der Waals surface area contributed by atoms with Gasteiger partial charge in [-0.15, -0.1) is 0 Å². The summed E-state index contributed by atoms with van der Waals surface area (Å²) in [4.78, 5) is 12.4. The van der Waals surface area contributed by atoms with Gasteiger partial charge in [-0.2, -0.15) is 0 Å². The Kier molecular flexibility index (Phi) is 5.58. The fraction of sp³-hybridized carbons (Fsp3) is 0.562. The third-order valence-corrected chi connectivity index (χ3v) is 5.52. The molecule has 1 heterocycles. The van der Waals surface area contributed by atoms with Gasteiger partial charge in [0.25, 0.3) is 0 Å². The van der Waals surface area contributed by atoms with Gasteiger partial charge < -0.3 is 5.32 Å². The zero-order valence-corrected chi connectivity index (χ0v) is 14.0. The van der Waals surface area contributed by atoms with E-state index >= 15 is 0 Å². The third kappa shape index (κ3) is 4.30. The van der Waals surface area contributed by atoms with E-state index in [1.165, 1.54) is 10.6 Å². The second-order valence-electron chi connectivity index (χ2n) is 5.82. The highest BCUT2D eigenvalue weighted by atomic mass is 32.2. The highest BCUT2D eigenvalue weighted by molar-refractivity contribution is 7.88. The fourth-order valence-corrected chi connectivity index (χ4v) is 3.72. The van der Waals surface area contributed by atoms with Crippen molar-refractivity contribution in [3.63, 3.8) is 0 Å². The topological polar surface area (TPSA) is 66.5 Å². The van der Waals surface area contributed by atoms with Gasteiger partial charge in [0, 0.05) is 19.0 Å². The van der Waals surface area contributed by atoms with E-state index in [4.69, 9.17) is 0 Å². The van der Waals surface area contributed by atoms with Crippen LogP contribution in [0.5, 0.6) is 0 Å². The molecule has 1 N–H and O–H groups in total. The quantitative estimate of drug-likeness (QED) is 0.900. The molecular weight excluding hydrogens is 300 g/mol. The van der Waals surface area contributed by atoms with Gasteiger partial charge in [0.15, 0.2) is 0 Å². The van der Waals surface area contributed by atoms with E-state index in [2.05, 4.69) is 5.32 Å². The molecule has 1 aromatic carbocycles. The number of piperidine rings is 1. The van der Waals surface area contributed by atoms with Crippen molar-refractivity contribution < 1.29 is 13.2 Å². The first kappa shape index (κ1) is 17.0. The molecule has 6 heteroatoms. The molecule has 5 nitrogen and oxygen atoms in total. The molecule has 0 bridgehead atoms. The van der Waals surface area contributed by atoms with Crippen molar-refractivity contribution in [3.05, 3.63) is 35.9 Å². The van der Waals surface area contributed by atoms with Crippen molar-refractivity contribution in [1.29, 1.82) is 0 Å². The smallest absolute Gasteiger partial charge is 0.223 e. The first-order valence-corrected chi connectivity index (χ1v) is 9.57. The van der Waals surface area contributed by atoms with Gasteiger partial charge in [0.1, 0.15) is 0 Å². The normalized spacial score (nSPS) is 18.8. The van der Waals surface area contributed by atoms with Gasteiger partial charge in [-0.1, -0.05) is 37.3 Å². The summed E-state index contributed by atoms with van der Waals surface area (Å²) in [5.74, 6) is -0.0698. The number of carbonyl (C=O) groups is 1. The standard InChI is InChI=1S/C16H24N2O3S/c1-3-15(13-7-5-4-6-8-13)17-16(19)14-9-11-18(12-10-14)22(2,20)21/h4-8,14-15H,3,9-12H2,1-2H3,(H,17,19)/t15-/m0/s1. The van der Waals surface area contributed by atoms with Crippen LogP contribution in [0.4, 0.5) is 0 Å². The minimum atomic E-state index is -3.14. The molecule has 22 heavy (non-hydrogen) atoms. The Labute approximate surface area is 132 Å². The Morgan fingerprint density at radius 3 is 2.36 bits per heavy atom. The molecule has 0 saturated carbocycles. The minimum absolute atomic E-state index is 0.0154. The van der Waals surface area contributed by atoms with E-state index in [9.17, 15) is 13.2 Å². The summed E-state index contributed by atoms with van der Waals surface area (Å²) in [5.41, 5.74) is 1.10. The zero-order valence-electron chi connectivity index (χ0n) is 13.2. The van der Waals surface area contributed by atoms with Crippen molar-refractivity contribution in [3.8, 4) is 0 Å². The van der Waals surface area contributed by atoms with Crippen LogP contribution in [0, 0.1) is 5.92 Å². The summed E-state index contributed by atoms with van der Waals surface area (Å²) < 4.78 is 24.4. The van der Waals surface area contributed by atoms with E-state index in [0.717, 1.165) is 12.0 Å². The Balaban J connectivity index is 1.93. The van der Waals surface area contributed by atoms with Gasteiger partial charge in [-0.05, 0) is 24.8 Å². The molecule has 1 aliphatic rings. The monoisotopic (exact) mass is 324 g/mol. The molecule has 0 radical (unpaired) electrons. The number of amides is 1. The number of hydrogen-bond acceptors (Lipinski definition) is 3. The average molecular weight is 324 g/mol. The molecule has 0 aliphatic carbocycles. The van der Waals surface area contributed by atoms with Gasteiger partial charge in [-0.25, -0.2) is 12.7 Å². The number of sulfonamides is 1. The average Bonchev–Trinajstić information content (AvgIpc) is 2.52. The molecular formula is C16H24N2O3S. The van der Waals surface area contributed by atoms with Crippen LogP contribution in [0.1, 0.15) is 37.8 Å². The van der Waals surface area contributed by atoms with Crippen molar-refractivity contribution in [1.82, 2.24) is 9.62 Å². The van der Waals surface area contributed by atoms with Crippen LogP contribution < -0.4 is 5.32 Å². The van der Waals surface area contributed by atoms with Crippen LogP contribution in [0.15, 0.2) is 30.3 Å². The van der Waals surface area contributed by atoms with Crippen molar-refractivity contribution in [2.45, 2.75) is 32.2 Å². The predicted molar refractivity (Wildman–Crippen MR) is 86.8 cm³/mol. The molecule has 1 saturated heterocycles. The lowest BCUT2D eigenvalue weighted by Gasteiger charge is -2.30. The van der Waals surface area contributed by atoms with Crippen molar-refractivity contribution >= 4 is 15.9 Å². The van der Waals surface area contributed by atoms with E-state index in [-0.39, 0.29) is 17.9 Å². The summed E-state index contributed by atoms with van der Waals surface area (Å²) >= 11 is 0. The lowest BCUT2D eigenvalue weighted by molar-refractivity contribution is -0.126. The van der Waals surface area contributed by atoms with E-state index in [1.807, 2.05) is 37.3 Å². The van der Waals surface area contributed by atoms with Crippen molar-refractivity contribution in [2.24, 2.45) is 5.92 Å². The van der Waals surface area contributed by atoms with Gasteiger partial charge in [0.2, 0.25) is 15.9 Å². The number of nitrogens with zero attached hydrogens (tertiary/aromatic N) is 1. The first-order chi connectivity index (χ1) is 10.4. The molecule has 1 amide bonds. The van der Waals surface area contributed by atoms with Crippen LogP contribution in [-0.4, -0.2) is 38.0 Å². The molecule has 1 aliphatic heterocycles. The summed E-state index contributed by atoms with van der Waals surface area (Å²) in [6.07, 6.45) is 3.22. The number of benzene rings is 1. The van der Waals surface area contributed by atoms with Gasteiger partial charge in [0.05, 0.1) is 12.3 Å². The van der Waals surface area contributed by atoms with Crippen LogP contribution >= 0.6 is 0 Å². The molecule has 0 spiro atoms. The minimum Gasteiger partial charge on any atom is -0.349 e. The van der Waals surface area contributed by atoms with E-state index < -0.39 is 10.0 Å². The highest BCUT2D eigenvalue weighted by Gasteiger charge is 2.29. The largest absolute Gasteiger partial charge is 0.349 e. The maximum Gasteiger partial charge on any atom is 0.223 e. The molecule has 122 valence electrons. The summed E-state index contributed by atoms with van der Waals surface area (Å²) in [7, 11) is -3.14. The number of hydrogen-bond donors (Lipinski definition) is 1. The van der Waals surface area contributed by atoms with Crippen LogP contribution in [0.25, 0.3) is 0 Å². The summed E-state index contributed by atoms with van der Waals surface area (Å²) in [5, 5.41) is 3.10. The van der Waals surface area contributed by atoms with Crippen LogP contribution in [0.3, 0.4) is 0 Å². The lowest BCUT2D eigenvalue weighted by atomic mass is 9.96. The third-order valence-electron chi connectivity index (χ3n) is 4.22. The molecule has 0 unspecified atom stereocenters. The van der Waals surface area contributed by atoms with E-state index in [1.54, 1.807) is 0 Å². The number of rotatable bonds is 5. The highest BCUT2D eigenvalue weighted by Crippen LogP contribution is 2.22. The molecule has 0 aromatic heterocycles. The molecule has 1 fully saturated rings. The number of nitrogens with one attached hydrogen (secondary N) is 1. The Morgan fingerprint density at radius 1 is 1.27 bits per heavy atom. The van der Waals surface area contributed by atoms with Crippen LogP contribution in [0.2, 0.25) is 0 Å². The predicted octanol–water partition coefficient (Wildman–Crippen LogP) is 1.93. The van der Waals surface area contributed by atoms with Crippen LogP contribution in [-0.2, 0) is 14.8 Å². The Hall–Kier alpha value is -1.40. The Morgan fingerprint density at radius 2 is 1.86 bits per heavy atom. The molecule has 2 rings (SSSR count). The number of carbonyl (C=O) groups excluding carboxylic acids is 1. The van der Waals surface area contributed by atoms with Crippen molar-refractivity contribution in [2.75, 3.05) is 19.3 Å². The first-order valence-electron chi connectivity index (χ1n) is 7.72. The lowest BCUT2D eigenvalue weighted by Crippen LogP contribution is -2.43. The maximum atomic E-state index is 12.4. The summed E-state index contributed by atoms with van der Waals surface area (Å²) in [6, 6.07) is 9.94. The SMILES string of the molecule is CC[C@H](NC(=O)C1CCN(S(C)(=O)=O)CC1)c1ccccc1. The second-order valence-corrected chi connectivity index (χ2v) is 7.80. The Bertz CT molecular complexity index is 593. The summed E-state index contributed by atoms with van der Waals surface area (Å²) in [6.45, 7) is 2.91. The maximum absolute atomic E-state index is 12.4. The zero-order chi connectivity index (χ0) is 16.2. The second kappa shape index (κ2) is 7.24. The van der Waals surface area contributed by atoms with Gasteiger partial charge in [-0.3, -0.25) is 4.79 Å². The molecule has 1 aromatic rings. The fourth-order valence-electron chi connectivity index (χ4n) is 2.85.